The Morgan fingerprint density at radius 1 is 1.37 bits per heavy atom. The van der Waals surface area contributed by atoms with Gasteiger partial charge in [0, 0.05) is 38.9 Å². The first-order valence-corrected chi connectivity index (χ1v) is 7.36. The van der Waals surface area contributed by atoms with E-state index in [0.717, 1.165) is 4.31 Å². The molecule has 0 unspecified atom stereocenters. The Hall–Kier alpha value is -1.18. The Kier molecular flexibility index (Phi) is 4.89. The Bertz CT molecular complexity index is 510. The van der Waals surface area contributed by atoms with E-state index in [1.807, 2.05) is 13.8 Å². The molecule has 0 bridgehead atoms. The molecule has 19 heavy (non-hydrogen) atoms. The quantitative estimate of drug-likeness (QED) is 0.807. The molecule has 0 aromatic carbocycles. The summed E-state index contributed by atoms with van der Waals surface area (Å²) in [6.07, 6.45) is 1.32. The van der Waals surface area contributed by atoms with Crippen LogP contribution in [-0.2, 0) is 10.0 Å². The molecule has 0 saturated heterocycles. The molecule has 1 heterocycles. The summed E-state index contributed by atoms with van der Waals surface area (Å²) < 4.78 is 24.8. The van der Waals surface area contributed by atoms with Crippen LogP contribution in [0.2, 0.25) is 0 Å². The maximum absolute atomic E-state index is 11.8. The zero-order chi connectivity index (χ0) is 14.7. The number of hydrogen-bond donors (Lipinski definition) is 2. The van der Waals surface area contributed by atoms with Crippen LogP contribution in [0.25, 0.3) is 0 Å². The van der Waals surface area contributed by atoms with E-state index < -0.39 is 10.0 Å². The first-order valence-electron chi connectivity index (χ1n) is 5.92. The predicted molar refractivity (Wildman–Crippen MR) is 74.5 cm³/mol. The number of hydrogen-bond acceptors (Lipinski definition) is 5. The Morgan fingerprint density at radius 2 is 2.00 bits per heavy atom. The van der Waals surface area contributed by atoms with Gasteiger partial charge in [0.1, 0.15) is 10.7 Å². The van der Waals surface area contributed by atoms with E-state index in [0.29, 0.717) is 12.4 Å². The predicted octanol–water partition coefficient (Wildman–Crippen LogP) is 0.762. The lowest BCUT2D eigenvalue weighted by Gasteiger charge is -2.22. The maximum Gasteiger partial charge on any atom is 0.244 e. The highest BCUT2D eigenvalue weighted by molar-refractivity contribution is 7.89. The van der Waals surface area contributed by atoms with Gasteiger partial charge in [0.25, 0.3) is 0 Å². The molecule has 0 aliphatic rings. The molecule has 0 spiro atoms. The highest BCUT2D eigenvalue weighted by Crippen LogP contribution is 2.17. The number of rotatable bonds is 6. The Labute approximate surface area is 114 Å². The molecule has 6 nitrogen and oxygen atoms in total. The summed E-state index contributed by atoms with van der Waals surface area (Å²) in [5, 5.41) is 12.2. The summed E-state index contributed by atoms with van der Waals surface area (Å²) >= 11 is 0. The third kappa shape index (κ3) is 4.15. The van der Waals surface area contributed by atoms with Crippen molar-refractivity contribution in [1.29, 1.82) is 0 Å². The van der Waals surface area contributed by atoms with Crippen LogP contribution in [-0.4, -0.2) is 50.1 Å². The second-order valence-electron chi connectivity index (χ2n) is 5.34. The van der Waals surface area contributed by atoms with Crippen molar-refractivity contribution in [2.45, 2.75) is 18.7 Å². The highest BCUT2D eigenvalue weighted by atomic mass is 32.2. The van der Waals surface area contributed by atoms with E-state index in [1.165, 1.54) is 26.4 Å². The second kappa shape index (κ2) is 5.85. The van der Waals surface area contributed by atoms with Crippen LogP contribution in [0.15, 0.2) is 23.2 Å². The molecular weight excluding hydrogens is 266 g/mol. The SMILES string of the molecule is CN(C)S(=O)(=O)c1ccc(NCC(C)(C)CO)nc1. The van der Waals surface area contributed by atoms with Crippen LogP contribution in [0.1, 0.15) is 13.8 Å². The molecule has 0 radical (unpaired) electrons. The topological polar surface area (TPSA) is 82.5 Å². The molecule has 2 N–H and O–H groups in total. The van der Waals surface area contributed by atoms with Crippen molar-refractivity contribution in [2.75, 3.05) is 32.6 Å². The minimum absolute atomic E-state index is 0.0626. The molecule has 0 aliphatic carbocycles. The standard InChI is InChI=1S/C12H21N3O3S/c1-12(2,9-16)8-14-11-6-5-10(7-13-11)19(17,18)15(3)4/h5-7,16H,8-9H2,1-4H3,(H,13,14). The van der Waals surface area contributed by atoms with Gasteiger partial charge in [-0.05, 0) is 12.1 Å². The molecule has 1 aromatic rings. The normalized spacial score (nSPS) is 12.7. The van der Waals surface area contributed by atoms with Crippen LogP contribution >= 0.6 is 0 Å². The fourth-order valence-corrected chi connectivity index (χ4v) is 2.08. The van der Waals surface area contributed by atoms with Gasteiger partial charge >= 0.3 is 0 Å². The first kappa shape index (κ1) is 15.9. The molecule has 7 heteroatoms. The van der Waals surface area contributed by atoms with Gasteiger partial charge in [-0.2, -0.15) is 0 Å². The number of aliphatic hydroxyl groups is 1. The van der Waals surface area contributed by atoms with Crippen molar-refractivity contribution in [3.05, 3.63) is 18.3 Å². The van der Waals surface area contributed by atoms with E-state index in [-0.39, 0.29) is 16.9 Å². The number of nitrogens with one attached hydrogen (secondary N) is 1. The molecule has 108 valence electrons. The lowest BCUT2D eigenvalue weighted by atomic mass is 9.95. The highest BCUT2D eigenvalue weighted by Gasteiger charge is 2.18. The molecule has 0 aliphatic heterocycles. The van der Waals surface area contributed by atoms with Crippen LogP contribution in [0.4, 0.5) is 5.82 Å². The Morgan fingerprint density at radius 3 is 2.42 bits per heavy atom. The molecule has 1 rings (SSSR count). The summed E-state index contributed by atoms with van der Waals surface area (Å²) in [7, 11) is -0.484. The number of pyridine rings is 1. The number of nitrogens with zero attached hydrogens (tertiary/aromatic N) is 2. The van der Waals surface area contributed by atoms with Gasteiger partial charge in [-0.25, -0.2) is 17.7 Å². The Balaban J connectivity index is 2.78. The first-order chi connectivity index (χ1) is 8.69. The van der Waals surface area contributed by atoms with Crippen molar-refractivity contribution in [1.82, 2.24) is 9.29 Å². The minimum atomic E-state index is -3.44. The lowest BCUT2D eigenvalue weighted by Crippen LogP contribution is -2.27. The van der Waals surface area contributed by atoms with Crippen LogP contribution in [0.5, 0.6) is 0 Å². The number of sulfonamides is 1. The summed E-state index contributed by atoms with van der Waals surface area (Å²) in [6, 6.07) is 3.13. The fourth-order valence-electron chi connectivity index (χ4n) is 1.23. The van der Waals surface area contributed by atoms with Gasteiger partial charge in [-0.3, -0.25) is 0 Å². The number of anilines is 1. The van der Waals surface area contributed by atoms with Gasteiger partial charge in [0.15, 0.2) is 0 Å². The van der Waals surface area contributed by atoms with E-state index in [4.69, 9.17) is 5.11 Å². The fraction of sp³-hybridized carbons (Fsp3) is 0.583. The van der Waals surface area contributed by atoms with Crippen molar-refractivity contribution in [3.63, 3.8) is 0 Å². The zero-order valence-electron chi connectivity index (χ0n) is 11.7. The zero-order valence-corrected chi connectivity index (χ0v) is 12.5. The summed E-state index contributed by atoms with van der Waals surface area (Å²) in [6.45, 7) is 4.46. The average molecular weight is 287 g/mol. The third-order valence-electron chi connectivity index (χ3n) is 2.69. The molecule has 1 aromatic heterocycles. The summed E-state index contributed by atoms with van der Waals surface area (Å²) in [5.74, 6) is 0.583. The van der Waals surface area contributed by atoms with Crippen LogP contribution in [0, 0.1) is 5.41 Å². The van der Waals surface area contributed by atoms with Crippen LogP contribution < -0.4 is 5.32 Å². The van der Waals surface area contributed by atoms with E-state index in [1.54, 1.807) is 6.07 Å². The van der Waals surface area contributed by atoms with Crippen molar-refractivity contribution >= 4 is 15.8 Å². The molecule has 0 fully saturated rings. The largest absolute Gasteiger partial charge is 0.396 e. The van der Waals surface area contributed by atoms with Crippen LogP contribution in [0.3, 0.4) is 0 Å². The minimum Gasteiger partial charge on any atom is -0.396 e. The van der Waals surface area contributed by atoms with Gasteiger partial charge in [0.2, 0.25) is 10.0 Å². The van der Waals surface area contributed by atoms with Crippen molar-refractivity contribution in [2.24, 2.45) is 5.41 Å². The van der Waals surface area contributed by atoms with Gasteiger partial charge in [0.05, 0.1) is 0 Å². The van der Waals surface area contributed by atoms with E-state index in [9.17, 15) is 8.42 Å². The second-order valence-corrected chi connectivity index (χ2v) is 7.49. The monoisotopic (exact) mass is 287 g/mol. The molecule has 0 atom stereocenters. The average Bonchev–Trinajstić information content (AvgIpc) is 2.37. The van der Waals surface area contributed by atoms with Gasteiger partial charge in [-0.1, -0.05) is 13.8 Å². The molecule has 0 saturated carbocycles. The summed E-state index contributed by atoms with van der Waals surface area (Å²) in [4.78, 5) is 4.22. The number of aromatic nitrogens is 1. The van der Waals surface area contributed by atoms with E-state index in [2.05, 4.69) is 10.3 Å². The van der Waals surface area contributed by atoms with Crippen molar-refractivity contribution < 1.29 is 13.5 Å². The van der Waals surface area contributed by atoms with E-state index >= 15 is 0 Å². The third-order valence-corrected chi connectivity index (χ3v) is 4.49. The van der Waals surface area contributed by atoms with Gasteiger partial charge in [-0.15, -0.1) is 0 Å². The lowest BCUT2D eigenvalue weighted by molar-refractivity contribution is 0.170. The van der Waals surface area contributed by atoms with Gasteiger partial charge < -0.3 is 10.4 Å². The van der Waals surface area contributed by atoms with Crippen molar-refractivity contribution in [3.8, 4) is 0 Å². The molecular formula is C12H21N3O3S. The summed E-state index contributed by atoms with van der Waals surface area (Å²) in [5.41, 5.74) is -0.254. The maximum atomic E-state index is 11.8. The molecule has 0 amide bonds. The smallest absolute Gasteiger partial charge is 0.244 e. The number of aliphatic hydroxyl groups excluding tert-OH is 1.